The fraction of sp³-hybridized carbons (Fsp3) is 0.389. The van der Waals surface area contributed by atoms with Crippen LogP contribution in [0.5, 0.6) is 0 Å². The summed E-state index contributed by atoms with van der Waals surface area (Å²) in [5.74, 6) is -0.260. The van der Waals surface area contributed by atoms with Crippen molar-refractivity contribution in [3.63, 3.8) is 0 Å². The van der Waals surface area contributed by atoms with E-state index in [9.17, 15) is 18.0 Å². The van der Waals surface area contributed by atoms with Gasteiger partial charge in [-0.15, -0.1) is 0 Å². The Morgan fingerprint density at radius 1 is 1.04 bits per heavy atom. The number of nitrogens with zero attached hydrogens (tertiary/aromatic N) is 3. The lowest BCUT2D eigenvalue weighted by Gasteiger charge is -2.20. The Labute approximate surface area is 149 Å². The summed E-state index contributed by atoms with van der Waals surface area (Å²) in [5, 5.41) is 2.31. The first-order chi connectivity index (χ1) is 12.4. The van der Waals surface area contributed by atoms with Crippen molar-refractivity contribution in [1.29, 1.82) is 0 Å². The van der Waals surface area contributed by atoms with Gasteiger partial charge in [-0.1, -0.05) is 25.0 Å². The third kappa shape index (κ3) is 4.30. The van der Waals surface area contributed by atoms with E-state index >= 15 is 0 Å². The molecule has 0 saturated carbocycles. The molecule has 1 aromatic carbocycles. The molecule has 5 nitrogen and oxygen atoms in total. The van der Waals surface area contributed by atoms with Crippen molar-refractivity contribution in [1.82, 2.24) is 9.97 Å². The standard InChI is InChI=1S/C18H19F3N4O/c19-18(20,21)13-7-3-4-8-14(13)23-16(26)15-9-10-22-17(24-15)25-11-5-1-2-6-12-25/h3-4,7-10H,1-2,5-6,11-12H2,(H,23,26). The van der Waals surface area contributed by atoms with Crippen molar-refractivity contribution in [3.05, 3.63) is 47.8 Å². The van der Waals surface area contributed by atoms with Crippen LogP contribution in [0.15, 0.2) is 36.5 Å². The molecule has 1 aromatic heterocycles. The van der Waals surface area contributed by atoms with E-state index in [0.717, 1.165) is 44.8 Å². The highest BCUT2D eigenvalue weighted by Gasteiger charge is 2.33. The molecule has 138 valence electrons. The SMILES string of the molecule is O=C(Nc1ccccc1C(F)(F)F)c1ccnc(N2CCCCCC2)n1. The summed E-state index contributed by atoms with van der Waals surface area (Å²) in [6.45, 7) is 1.62. The van der Waals surface area contributed by atoms with Gasteiger partial charge in [0.15, 0.2) is 0 Å². The normalized spacial score (nSPS) is 15.4. The zero-order valence-electron chi connectivity index (χ0n) is 14.1. The number of rotatable bonds is 3. The summed E-state index contributed by atoms with van der Waals surface area (Å²) in [6.07, 6.45) is 1.25. The fourth-order valence-corrected chi connectivity index (χ4v) is 2.92. The van der Waals surface area contributed by atoms with Gasteiger partial charge in [-0.3, -0.25) is 4.79 Å². The second-order valence-electron chi connectivity index (χ2n) is 6.14. The Hall–Kier alpha value is -2.64. The van der Waals surface area contributed by atoms with Gasteiger partial charge in [-0.25, -0.2) is 9.97 Å². The molecule has 1 amide bonds. The maximum Gasteiger partial charge on any atom is 0.418 e. The van der Waals surface area contributed by atoms with Gasteiger partial charge in [0.2, 0.25) is 5.95 Å². The molecule has 2 heterocycles. The molecule has 3 rings (SSSR count). The van der Waals surface area contributed by atoms with Crippen LogP contribution in [0.1, 0.15) is 41.7 Å². The minimum absolute atomic E-state index is 0.0382. The highest BCUT2D eigenvalue weighted by molar-refractivity contribution is 6.03. The third-order valence-electron chi connectivity index (χ3n) is 4.25. The van der Waals surface area contributed by atoms with Crippen LogP contribution in [-0.4, -0.2) is 29.0 Å². The molecule has 1 aliphatic rings. The van der Waals surface area contributed by atoms with E-state index in [2.05, 4.69) is 15.3 Å². The van der Waals surface area contributed by atoms with E-state index in [0.29, 0.717) is 5.95 Å². The summed E-state index contributed by atoms with van der Waals surface area (Å²) >= 11 is 0. The molecular formula is C18H19F3N4O. The molecule has 1 saturated heterocycles. The molecule has 0 unspecified atom stereocenters. The van der Waals surface area contributed by atoms with Crippen LogP contribution in [0.3, 0.4) is 0 Å². The summed E-state index contributed by atoms with van der Waals surface area (Å²) < 4.78 is 39.2. The Bertz CT molecular complexity index is 771. The number of halogens is 3. The molecule has 0 atom stereocenters. The number of hydrogen-bond donors (Lipinski definition) is 1. The van der Waals surface area contributed by atoms with Gasteiger partial charge in [0.05, 0.1) is 11.3 Å². The molecule has 1 aliphatic heterocycles. The van der Waals surface area contributed by atoms with Gasteiger partial charge in [-0.05, 0) is 31.0 Å². The number of nitrogens with one attached hydrogen (secondary N) is 1. The Morgan fingerprint density at radius 2 is 1.73 bits per heavy atom. The van der Waals surface area contributed by atoms with Crippen molar-refractivity contribution in [2.24, 2.45) is 0 Å². The number of aromatic nitrogens is 2. The number of amides is 1. The first kappa shape index (κ1) is 18.2. The van der Waals surface area contributed by atoms with Gasteiger partial charge in [0.1, 0.15) is 5.69 Å². The average molecular weight is 364 g/mol. The van der Waals surface area contributed by atoms with Gasteiger partial charge < -0.3 is 10.2 Å². The van der Waals surface area contributed by atoms with Crippen LogP contribution in [0.2, 0.25) is 0 Å². The van der Waals surface area contributed by atoms with Gasteiger partial charge >= 0.3 is 6.18 Å². The largest absolute Gasteiger partial charge is 0.418 e. The molecule has 2 aromatic rings. The van der Waals surface area contributed by atoms with Gasteiger partial charge in [0, 0.05) is 19.3 Å². The highest BCUT2D eigenvalue weighted by atomic mass is 19.4. The Balaban J connectivity index is 1.80. The minimum Gasteiger partial charge on any atom is -0.341 e. The lowest BCUT2D eigenvalue weighted by Crippen LogP contribution is -2.27. The zero-order chi connectivity index (χ0) is 18.6. The van der Waals surface area contributed by atoms with E-state index in [1.54, 1.807) is 0 Å². The maximum atomic E-state index is 13.1. The van der Waals surface area contributed by atoms with Crippen molar-refractivity contribution < 1.29 is 18.0 Å². The van der Waals surface area contributed by atoms with E-state index in [1.807, 2.05) is 4.90 Å². The van der Waals surface area contributed by atoms with E-state index in [4.69, 9.17) is 0 Å². The van der Waals surface area contributed by atoms with Crippen molar-refractivity contribution in [3.8, 4) is 0 Å². The smallest absolute Gasteiger partial charge is 0.341 e. The first-order valence-corrected chi connectivity index (χ1v) is 8.51. The van der Waals surface area contributed by atoms with E-state index in [-0.39, 0.29) is 11.4 Å². The first-order valence-electron chi connectivity index (χ1n) is 8.51. The summed E-state index contributed by atoms with van der Waals surface area (Å²) in [7, 11) is 0. The lowest BCUT2D eigenvalue weighted by molar-refractivity contribution is -0.136. The molecule has 1 fully saturated rings. The minimum atomic E-state index is -4.55. The van der Waals surface area contributed by atoms with Crippen LogP contribution >= 0.6 is 0 Å². The number of para-hydroxylation sites is 1. The zero-order valence-corrected chi connectivity index (χ0v) is 14.1. The second-order valence-corrected chi connectivity index (χ2v) is 6.14. The summed E-state index contributed by atoms with van der Waals surface area (Å²) in [6, 6.07) is 6.26. The number of benzene rings is 1. The van der Waals surface area contributed by atoms with E-state index < -0.39 is 17.6 Å². The number of carbonyl (C=O) groups excluding carboxylic acids is 1. The molecule has 0 aliphatic carbocycles. The van der Waals surface area contributed by atoms with Crippen LogP contribution in [0.25, 0.3) is 0 Å². The van der Waals surface area contributed by atoms with Crippen LogP contribution in [0.4, 0.5) is 24.8 Å². The molecular weight excluding hydrogens is 345 g/mol. The molecule has 0 spiro atoms. The predicted octanol–water partition coefficient (Wildman–Crippen LogP) is 4.13. The molecule has 26 heavy (non-hydrogen) atoms. The number of alkyl halides is 3. The van der Waals surface area contributed by atoms with Crippen LogP contribution in [-0.2, 0) is 6.18 Å². The van der Waals surface area contributed by atoms with Crippen LogP contribution in [0, 0.1) is 0 Å². The number of hydrogen-bond acceptors (Lipinski definition) is 4. The monoisotopic (exact) mass is 364 g/mol. The summed E-state index contributed by atoms with van der Waals surface area (Å²) in [4.78, 5) is 22.9. The topological polar surface area (TPSA) is 58.1 Å². The van der Waals surface area contributed by atoms with Crippen molar-refractivity contribution in [2.75, 3.05) is 23.3 Å². The Morgan fingerprint density at radius 3 is 2.42 bits per heavy atom. The lowest BCUT2D eigenvalue weighted by atomic mass is 10.1. The number of carbonyl (C=O) groups is 1. The molecule has 0 bridgehead atoms. The second kappa shape index (κ2) is 7.72. The van der Waals surface area contributed by atoms with Crippen molar-refractivity contribution in [2.45, 2.75) is 31.9 Å². The third-order valence-corrected chi connectivity index (χ3v) is 4.25. The average Bonchev–Trinajstić information content (AvgIpc) is 2.91. The van der Waals surface area contributed by atoms with Crippen LogP contribution < -0.4 is 10.2 Å². The van der Waals surface area contributed by atoms with E-state index in [1.165, 1.54) is 30.5 Å². The van der Waals surface area contributed by atoms with Gasteiger partial charge in [0.25, 0.3) is 5.91 Å². The predicted molar refractivity (Wildman–Crippen MR) is 92.1 cm³/mol. The van der Waals surface area contributed by atoms with Gasteiger partial charge in [-0.2, -0.15) is 13.2 Å². The quantitative estimate of drug-likeness (QED) is 0.890. The Kier molecular flexibility index (Phi) is 5.39. The molecule has 1 N–H and O–H groups in total. The molecule has 0 radical (unpaired) electrons. The highest BCUT2D eigenvalue weighted by Crippen LogP contribution is 2.34. The fourth-order valence-electron chi connectivity index (χ4n) is 2.92. The number of anilines is 2. The maximum absolute atomic E-state index is 13.1. The summed E-state index contributed by atoms with van der Waals surface area (Å²) in [5.41, 5.74) is -1.15. The molecule has 8 heteroatoms. The van der Waals surface area contributed by atoms with Crippen molar-refractivity contribution >= 4 is 17.5 Å².